The minimum atomic E-state index is -3.30. The lowest BCUT2D eigenvalue weighted by molar-refractivity contribution is 0.600. The Kier molecular flexibility index (Phi) is 5.19. The molecule has 0 atom stereocenters. The molecule has 7 nitrogen and oxygen atoms in total. The summed E-state index contributed by atoms with van der Waals surface area (Å²) in [4.78, 5) is 4.36. The highest BCUT2D eigenvalue weighted by Crippen LogP contribution is 2.27. The van der Waals surface area contributed by atoms with Crippen LogP contribution in [0.25, 0.3) is 11.3 Å². The summed E-state index contributed by atoms with van der Waals surface area (Å²) in [6, 6.07) is 10.5. The van der Waals surface area contributed by atoms with E-state index in [4.69, 9.17) is 10.5 Å². The number of sulfonamides is 1. The van der Waals surface area contributed by atoms with Crippen molar-refractivity contribution in [3.05, 3.63) is 41.4 Å². The molecule has 0 saturated heterocycles. The van der Waals surface area contributed by atoms with Gasteiger partial charge in [-0.3, -0.25) is 4.31 Å². The van der Waals surface area contributed by atoms with Crippen LogP contribution in [0, 0.1) is 22.7 Å². The molecule has 1 aromatic heterocycles. The summed E-state index contributed by atoms with van der Waals surface area (Å²) in [6.45, 7) is 0. The van der Waals surface area contributed by atoms with Crippen LogP contribution in [0.3, 0.4) is 0 Å². The van der Waals surface area contributed by atoms with Crippen LogP contribution in [-0.4, -0.2) is 26.7 Å². The molecule has 9 heteroatoms. The van der Waals surface area contributed by atoms with Crippen molar-refractivity contribution in [2.45, 2.75) is 0 Å². The van der Waals surface area contributed by atoms with Crippen molar-refractivity contribution in [3.8, 4) is 23.4 Å². The average molecular weight is 359 g/mol. The van der Waals surface area contributed by atoms with Crippen molar-refractivity contribution in [3.63, 3.8) is 0 Å². The highest BCUT2D eigenvalue weighted by atomic mass is 32.2. The standard InChI is InChI=1S/C15H13N5O2S2/c1-20(24(2,21)22)13-5-3-12(4-6-13)14-10-23-15(19-14)18-9-11(7-16)8-17/h3-6,9-10H,1-2H3,(H,18,19). The third-order valence-electron chi connectivity index (χ3n) is 3.11. The van der Waals surface area contributed by atoms with Crippen LogP contribution in [0.2, 0.25) is 0 Å². The van der Waals surface area contributed by atoms with Gasteiger partial charge in [0.25, 0.3) is 0 Å². The first-order valence-electron chi connectivity index (χ1n) is 6.62. The number of hydrogen-bond donors (Lipinski definition) is 1. The molecule has 24 heavy (non-hydrogen) atoms. The minimum Gasteiger partial charge on any atom is -0.336 e. The van der Waals surface area contributed by atoms with Crippen molar-refractivity contribution in [1.82, 2.24) is 4.98 Å². The molecule has 0 aliphatic carbocycles. The minimum absolute atomic E-state index is 0.0417. The largest absolute Gasteiger partial charge is 0.336 e. The molecule has 2 aromatic rings. The number of hydrogen-bond acceptors (Lipinski definition) is 7. The fraction of sp³-hybridized carbons (Fsp3) is 0.133. The maximum atomic E-state index is 11.5. The lowest BCUT2D eigenvalue weighted by Gasteiger charge is -2.16. The predicted octanol–water partition coefficient (Wildman–Crippen LogP) is 2.55. The Labute approximate surface area is 144 Å². The number of rotatable bonds is 5. The third kappa shape index (κ3) is 4.10. The molecule has 1 N–H and O–H groups in total. The number of thiazole rings is 1. The van der Waals surface area contributed by atoms with Gasteiger partial charge in [0, 0.05) is 24.2 Å². The van der Waals surface area contributed by atoms with Gasteiger partial charge in [-0.1, -0.05) is 12.1 Å². The molecular weight excluding hydrogens is 346 g/mol. The van der Waals surface area contributed by atoms with Crippen LogP contribution in [0.1, 0.15) is 0 Å². The summed E-state index contributed by atoms with van der Waals surface area (Å²) in [5.74, 6) is 0. The van der Waals surface area contributed by atoms with E-state index in [0.29, 0.717) is 16.5 Å². The highest BCUT2D eigenvalue weighted by molar-refractivity contribution is 7.92. The topological polar surface area (TPSA) is 110 Å². The molecule has 0 radical (unpaired) electrons. The molecule has 0 aliphatic rings. The Morgan fingerprint density at radius 3 is 2.46 bits per heavy atom. The Bertz CT molecular complexity index is 931. The molecule has 1 aromatic carbocycles. The first-order valence-corrected chi connectivity index (χ1v) is 9.34. The number of aromatic nitrogens is 1. The predicted molar refractivity (Wildman–Crippen MR) is 93.7 cm³/mol. The average Bonchev–Trinajstić information content (AvgIpc) is 3.03. The number of allylic oxidation sites excluding steroid dienone is 1. The molecule has 122 valence electrons. The van der Waals surface area contributed by atoms with Gasteiger partial charge in [0.05, 0.1) is 17.6 Å². The van der Waals surface area contributed by atoms with E-state index in [2.05, 4.69) is 10.3 Å². The molecule has 0 bridgehead atoms. The van der Waals surface area contributed by atoms with Crippen LogP contribution in [0.15, 0.2) is 41.4 Å². The maximum Gasteiger partial charge on any atom is 0.231 e. The van der Waals surface area contributed by atoms with Gasteiger partial charge in [0.15, 0.2) is 5.13 Å². The van der Waals surface area contributed by atoms with E-state index >= 15 is 0 Å². The zero-order valence-electron chi connectivity index (χ0n) is 12.9. The molecular formula is C15H13N5O2S2. The van der Waals surface area contributed by atoms with Gasteiger partial charge in [0.2, 0.25) is 10.0 Å². The van der Waals surface area contributed by atoms with Gasteiger partial charge < -0.3 is 5.32 Å². The zero-order valence-corrected chi connectivity index (χ0v) is 14.5. The maximum absolute atomic E-state index is 11.5. The Morgan fingerprint density at radius 1 is 1.29 bits per heavy atom. The number of nitrogens with one attached hydrogen (secondary N) is 1. The van der Waals surface area contributed by atoms with Crippen LogP contribution in [0.4, 0.5) is 10.8 Å². The zero-order chi connectivity index (χ0) is 17.7. The lowest BCUT2D eigenvalue weighted by Crippen LogP contribution is -2.24. The number of benzene rings is 1. The fourth-order valence-corrected chi connectivity index (χ4v) is 2.92. The first kappa shape index (κ1) is 17.5. The molecule has 0 spiro atoms. The van der Waals surface area contributed by atoms with Gasteiger partial charge in [0.1, 0.15) is 17.7 Å². The molecule has 0 unspecified atom stereocenters. The summed E-state index contributed by atoms with van der Waals surface area (Å²) < 4.78 is 24.2. The monoisotopic (exact) mass is 359 g/mol. The van der Waals surface area contributed by atoms with E-state index in [9.17, 15) is 8.42 Å². The second kappa shape index (κ2) is 7.13. The van der Waals surface area contributed by atoms with Crippen molar-refractivity contribution in [2.75, 3.05) is 22.9 Å². The van der Waals surface area contributed by atoms with Crippen molar-refractivity contribution < 1.29 is 8.42 Å². The fourth-order valence-electron chi connectivity index (χ4n) is 1.73. The SMILES string of the molecule is CN(c1ccc(-c2csc(NC=C(C#N)C#N)n2)cc1)S(C)(=O)=O. The van der Waals surface area contributed by atoms with E-state index in [1.807, 2.05) is 5.38 Å². The normalized spacial score (nSPS) is 10.3. The second-order valence-electron chi connectivity index (χ2n) is 4.74. The molecule has 0 fully saturated rings. The number of nitrogens with zero attached hydrogens (tertiary/aromatic N) is 4. The number of anilines is 2. The van der Waals surface area contributed by atoms with Crippen LogP contribution in [0.5, 0.6) is 0 Å². The summed E-state index contributed by atoms with van der Waals surface area (Å²) >= 11 is 1.33. The molecule has 0 saturated carbocycles. The van der Waals surface area contributed by atoms with E-state index in [1.54, 1.807) is 36.4 Å². The van der Waals surface area contributed by atoms with E-state index in [1.165, 1.54) is 28.9 Å². The highest BCUT2D eigenvalue weighted by Gasteiger charge is 2.12. The van der Waals surface area contributed by atoms with E-state index in [0.717, 1.165) is 11.8 Å². The smallest absolute Gasteiger partial charge is 0.231 e. The van der Waals surface area contributed by atoms with E-state index < -0.39 is 10.0 Å². The number of nitriles is 2. The summed E-state index contributed by atoms with van der Waals surface area (Å²) in [7, 11) is -1.81. The van der Waals surface area contributed by atoms with Crippen LogP contribution >= 0.6 is 11.3 Å². The van der Waals surface area contributed by atoms with Crippen LogP contribution < -0.4 is 9.62 Å². The Morgan fingerprint density at radius 2 is 1.92 bits per heavy atom. The first-order chi connectivity index (χ1) is 11.3. The second-order valence-corrected chi connectivity index (χ2v) is 7.61. The Balaban J connectivity index is 2.18. The lowest BCUT2D eigenvalue weighted by atomic mass is 10.1. The quantitative estimate of drug-likeness (QED) is 0.822. The molecule has 1 heterocycles. The summed E-state index contributed by atoms with van der Waals surface area (Å²) in [5.41, 5.74) is 2.06. The molecule has 0 aliphatic heterocycles. The molecule has 0 amide bonds. The van der Waals surface area contributed by atoms with Crippen molar-refractivity contribution in [2.24, 2.45) is 0 Å². The van der Waals surface area contributed by atoms with E-state index in [-0.39, 0.29) is 5.57 Å². The van der Waals surface area contributed by atoms with Gasteiger partial charge in [-0.15, -0.1) is 11.3 Å². The third-order valence-corrected chi connectivity index (χ3v) is 5.09. The van der Waals surface area contributed by atoms with Crippen LogP contribution in [-0.2, 0) is 10.0 Å². The summed E-state index contributed by atoms with van der Waals surface area (Å²) in [6.07, 6.45) is 2.44. The van der Waals surface area contributed by atoms with Gasteiger partial charge in [-0.25, -0.2) is 13.4 Å². The van der Waals surface area contributed by atoms with Crippen molar-refractivity contribution >= 4 is 32.2 Å². The molecule has 2 rings (SSSR count). The Hall–Kier alpha value is -2.88. The summed E-state index contributed by atoms with van der Waals surface area (Å²) in [5, 5.41) is 22.5. The van der Waals surface area contributed by atoms with Gasteiger partial charge in [-0.2, -0.15) is 10.5 Å². The van der Waals surface area contributed by atoms with Gasteiger partial charge in [-0.05, 0) is 12.1 Å². The van der Waals surface area contributed by atoms with Crippen molar-refractivity contribution in [1.29, 1.82) is 10.5 Å². The van der Waals surface area contributed by atoms with Gasteiger partial charge >= 0.3 is 0 Å².